The minimum Gasteiger partial charge on any atom is -0.508 e. The fourth-order valence-corrected chi connectivity index (χ4v) is 3.18. The summed E-state index contributed by atoms with van der Waals surface area (Å²) >= 11 is 0. The first-order chi connectivity index (χ1) is 10.4. The Morgan fingerprint density at radius 1 is 0.870 bits per heavy atom. The van der Waals surface area contributed by atoms with Crippen LogP contribution in [0.4, 0.5) is 0 Å². The van der Waals surface area contributed by atoms with Crippen molar-refractivity contribution in [1.82, 2.24) is 0 Å². The van der Waals surface area contributed by atoms with Crippen LogP contribution in [0.5, 0.6) is 5.75 Å². The fourth-order valence-electron chi connectivity index (χ4n) is 3.18. The van der Waals surface area contributed by atoms with Crippen molar-refractivity contribution >= 4 is 0 Å². The van der Waals surface area contributed by atoms with Crippen molar-refractivity contribution in [2.75, 3.05) is 0 Å². The maximum Gasteiger partial charge on any atom is 0.115 e. The van der Waals surface area contributed by atoms with Gasteiger partial charge >= 0.3 is 0 Å². The lowest BCUT2D eigenvalue weighted by Gasteiger charge is -2.40. The predicted molar refractivity (Wildman–Crippen MR) is 102 cm³/mol. The van der Waals surface area contributed by atoms with Gasteiger partial charge in [-0.15, -0.1) is 0 Å². The van der Waals surface area contributed by atoms with Crippen molar-refractivity contribution in [3.05, 3.63) is 29.8 Å². The molecule has 0 radical (unpaired) electrons. The number of hydrogen-bond acceptors (Lipinski definition) is 1. The molecule has 0 aliphatic carbocycles. The van der Waals surface area contributed by atoms with Crippen molar-refractivity contribution in [2.45, 2.75) is 87.0 Å². The van der Waals surface area contributed by atoms with Gasteiger partial charge < -0.3 is 5.11 Å². The highest BCUT2D eigenvalue weighted by Gasteiger charge is 2.34. The smallest absolute Gasteiger partial charge is 0.115 e. The first-order valence-electron chi connectivity index (χ1n) is 9.15. The SMILES string of the molecule is CCC(C)(C)CCC(C)(C)C(CC(C)(C)C)c1ccc(O)cc1. The van der Waals surface area contributed by atoms with Gasteiger partial charge in [-0.1, -0.05) is 73.9 Å². The molecular formula is C22H38O. The lowest BCUT2D eigenvalue weighted by molar-refractivity contribution is 0.164. The van der Waals surface area contributed by atoms with Crippen molar-refractivity contribution < 1.29 is 5.11 Å². The predicted octanol–water partition coefficient (Wildman–Crippen LogP) is 7.15. The van der Waals surface area contributed by atoms with Gasteiger partial charge in [0.15, 0.2) is 0 Å². The molecule has 1 unspecified atom stereocenters. The molecule has 0 aromatic heterocycles. The number of aromatic hydroxyl groups is 1. The van der Waals surface area contributed by atoms with Gasteiger partial charge in [-0.3, -0.25) is 0 Å². The Hall–Kier alpha value is -0.980. The number of phenolic OH excluding ortho intramolecular Hbond substituents is 1. The Labute approximate surface area is 144 Å². The Bertz CT molecular complexity index is 474. The van der Waals surface area contributed by atoms with E-state index in [1.807, 2.05) is 12.1 Å². The van der Waals surface area contributed by atoms with E-state index in [0.29, 0.717) is 22.5 Å². The third-order valence-electron chi connectivity index (χ3n) is 5.46. The van der Waals surface area contributed by atoms with E-state index >= 15 is 0 Å². The summed E-state index contributed by atoms with van der Waals surface area (Å²) < 4.78 is 0. The zero-order chi connectivity index (χ0) is 17.9. The van der Waals surface area contributed by atoms with E-state index in [-0.39, 0.29) is 5.41 Å². The number of benzene rings is 1. The molecule has 0 saturated heterocycles. The van der Waals surface area contributed by atoms with Gasteiger partial charge in [-0.2, -0.15) is 0 Å². The molecule has 0 fully saturated rings. The molecule has 0 heterocycles. The molecule has 0 aliphatic rings. The van der Waals surface area contributed by atoms with E-state index in [1.54, 1.807) is 0 Å². The van der Waals surface area contributed by atoms with Gasteiger partial charge in [-0.05, 0) is 59.1 Å². The molecule has 0 spiro atoms. The highest BCUT2D eigenvalue weighted by molar-refractivity contribution is 5.29. The second kappa shape index (κ2) is 7.28. The van der Waals surface area contributed by atoms with Crippen molar-refractivity contribution in [1.29, 1.82) is 0 Å². The van der Waals surface area contributed by atoms with Crippen LogP contribution < -0.4 is 0 Å². The molecule has 1 aromatic carbocycles. The van der Waals surface area contributed by atoms with Crippen LogP contribution in [0.2, 0.25) is 0 Å². The van der Waals surface area contributed by atoms with Crippen LogP contribution in [0.3, 0.4) is 0 Å². The van der Waals surface area contributed by atoms with Gasteiger partial charge in [0.05, 0.1) is 0 Å². The van der Waals surface area contributed by atoms with E-state index in [0.717, 1.165) is 6.42 Å². The average molecular weight is 319 g/mol. The Morgan fingerprint density at radius 2 is 1.39 bits per heavy atom. The van der Waals surface area contributed by atoms with Crippen LogP contribution in [0.25, 0.3) is 0 Å². The molecule has 1 atom stereocenters. The second-order valence-electron chi connectivity index (χ2n) is 9.92. The summed E-state index contributed by atoms with van der Waals surface area (Å²) in [7, 11) is 0. The third kappa shape index (κ3) is 6.57. The van der Waals surface area contributed by atoms with Gasteiger partial charge in [0.1, 0.15) is 5.75 Å². The standard InChI is InChI=1S/C22H38O/c1-9-21(5,6)14-15-22(7,8)19(16-20(2,3)4)17-10-12-18(23)13-11-17/h10-13,19,23H,9,14-16H2,1-8H3. The maximum absolute atomic E-state index is 9.62. The average Bonchev–Trinajstić information content (AvgIpc) is 2.43. The van der Waals surface area contributed by atoms with Crippen LogP contribution in [-0.2, 0) is 0 Å². The molecule has 1 heteroatoms. The van der Waals surface area contributed by atoms with Crippen LogP contribution in [0, 0.1) is 16.2 Å². The lowest BCUT2D eigenvalue weighted by Crippen LogP contribution is -2.28. The first-order valence-corrected chi connectivity index (χ1v) is 9.15. The summed E-state index contributed by atoms with van der Waals surface area (Å²) in [4.78, 5) is 0. The molecule has 0 aliphatic heterocycles. The van der Waals surface area contributed by atoms with Crippen LogP contribution in [-0.4, -0.2) is 5.11 Å². The zero-order valence-corrected chi connectivity index (χ0v) is 16.7. The van der Waals surface area contributed by atoms with Crippen LogP contribution in [0.1, 0.15) is 92.6 Å². The lowest BCUT2D eigenvalue weighted by atomic mass is 9.64. The molecule has 132 valence electrons. The summed E-state index contributed by atoms with van der Waals surface area (Å²) in [5.74, 6) is 0.865. The molecule has 0 saturated carbocycles. The van der Waals surface area contributed by atoms with E-state index in [2.05, 4.69) is 67.5 Å². The fraction of sp³-hybridized carbons (Fsp3) is 0.727. The molecule has 1 rings (SSSR count). The monoisotopic (exact) mass is 318 g/mol. The van der Waals surface area contributed by atoms with E-state index in [1.165, 1.54) is 24.8 Å². The Kier molecular flexibility index (Phi) is 6.35. The van der Waals surface area contributed by atoms with E-state index < -0.39 is 0 Å². The van der Waals surface area contributed by atoms with Crippen molar-refractivity contribution in [3.63, 3.8) is 0 Å². The number of phenols is 1. The summed E-state index contributed by atoms with van der Waals surface area (Å²) in [5, 5.41) is 9.62. The highest BCUT2D eigenvalue weighted by atomic mass is 16.3. The molecule has 0 amide bonds. The Balaban J connectivity index is 3.04. The van der Waals surface area contributed by atoms with Gasteiger partial charge in [0.2, 0.25) is 0 Å². The summed E-state index contributed by atoms with van der Waals surface area (Å²) in [6, 6.07) is 7.88. The summed E-state index contributed by atoms with van der Waals surface area (Å²) in [6.07, 6.45) is 4.88. The summed E-state index contributed by atoms with van der Waals surface area (Å²) in [6.45, 7) is 18.9. The zero-order valence-electron chi connectivity index (χ0n) is 16.7. The highest BCUT2D eigenvalue weighted by Crippen LogP contribution is 2.47. The molecule has 1 nitrogen and oxygen atoms in total. The van der Waals surface area contributed by atoms with Crippen molar-refractivity contribution in [3.8, 4) is 5.75 Å². The Morgan fingerprint density at radius 3 is 1.83 bits per heavy atom. The first kappa shape index (κ1) is 20.1. The molecular weight excluding hydrogens is 280 g/mol. The normalized spacial score (nSPS) is 14.8. The van der Waals surface area contributed by atoms with Crippen molar-refractivity contribution in [2.24, 2.45) is 16.2 Å². The second-order valence-corrected chi connectivity index (χ2v) is 9.92. The quantitative estimate of drug-likeness (QED) is 0.565. The number of rotatable bonds is 7. The largest absolute Gasteiger partial charge is 0.508 e. The number of hydrogen-bond donors (Lipinski definition) is 1. The summed E-state index contributed by atoms with van der Waals surface area (Å²) in [5.41, 5.74) is 2.31. The van der Waals surface area contributed by atoms with Crippen LogP contribution >= 0.6 is 0 Å². The molecule has 1 aromatic rings. The molecule has 0 bridgehead atoms. The molecule has 23 heavy (non-hydrogen) atoms. The maximum atomic E-state index is 9.62. The van der Waals surface area contributed by atoms with Gasteiger partial charge in [0.25, 0.3) is 0 Å². The third-order valence-corrected chi connectivity index (χ3v) is 5.46. The van der Waals surface area contributed by atoms with E-state index in [4.69, 9.17) is 0 Å². The minimum atomic E-state index is 0.247. The molecule has 1 N–H and O–H groups in total. The van der Waals surface area contributed by atoms with Crippen LogP contribution in [0.15, 0.2) is 24.3 Å². The minimum absolute atomic E-state index is 0.247. The van der Waals surface area contributed by atoms with E-state index in [9.17, 15) is 5.11 Å². The van der Waals surface area contributed by atoms with Gasteiger partial charge in [-0.25, -0.2) is 0 Å². The van der Waals surface area contributed by atoms with Gasteiger partial charge in [0, 0.05) is 0 Å². The topological polar surface area (TPSA) is 20.2 Å².